The Kier molecular flexibility index (Phi) is 8.30. The molecule has 0 aliphatic carbocycles. The van der Waals surface area contributed by atoms with Gasteiger partial charge in [0.25, 0.3) is 5.91 Å². The van der Waals surface area contributed by atoms with Crippen molar-refractivity contribution < 1.29 is 22.8 Å². The number of carbonyl (C=O) groups is 3. The van der Waals surface area contributed by atoms with E-state index in [9.17, 15) is 22.8 Å². The summed E-state index contributed by atoms with van der Waals surface area (Å²) in [4.78, 5) is 47.8. The van der Waals surface area contributed by atoms with Crippen LogP contribution in [0.4, 0.5) is 5.69 Å². The van der Waals surface area contributed by atoms with Crippen molar-refractivity contribution in [1.82, 2.24) is 19.9 Å². The number of nitrogens with one attached hydrogen (secondary N) is 2. The van der Waals surface area contributed by atoms with Crippen molar-refractivity contribution in [2.75, 3.05) is 24.5 Å². The number of halogens is 1. The number of thiophene rings is 1. The zero-order valence-electron chi connectivity index (χ0n) is 21.9. The third-order valence-corrected chi connectivity index (χ3v) is 10.8. The number of amides is 3. The van der Waals surface area contributed by atoms with E-state index in [1.807, 2.05) is 6.92 Å². The van der Waals surface area contributed by atoms with Crippen LogP contribution in [-0.2, 0) is 32.6 Å². The first-order chi connectivity index (χ1) is 19.0. The fourth-order valence-electron chi connectivity index (χ4n) is 4.97. The van der Waals surface area contributed by atoms with E-state index in [1.165, 1.54) is 17.4 Å². The molecule has 1 saturated heterocycles. The largest absolute Gasteiger partial charge is 0.349 e. The van der Waals surface area contributed by atoms with E-state index in [2.05, 4.69) is 15.0 Å². The minimum atomic E-state index is -4.22. The third kappa shape index (κ3) is 5.93. The van der Waals surface area contributed by atoms with E-state index >= 15 is 0 Å². The Balaban J connectivity index is 1.40. The summed E-state index contributed by atoms with van der Waals surface area (Å²) in [5, 5.41) is 3.59. The molecular weight excluding hydrogens is 594 g/mol. The molecule has 212 valence electrons. The van der Waals surface area contributed by atoms with Crippen molar-refractivity contribution in [3.63, 3.8) is 0 Å². The Morgan fingerprint density at radius 1 is 1.12 bits per heavy atom. The Bertz CT molecular complexity index is 1580. The number of sulfonamides is 1. The quantitative estimate of drug-likeness (QED) is 0.397. The molecule has 1 atom stereocenters. The SMILES string of the molecule is Cc1nc2c(s1)CN(C(=O)[C@H](CNC(=O)c1ccc(Cl)s1)NS(=O)(=O)c1cccc(N3CCCC3=O)c1C)CC2. The fraction of sp³-hybridized carbons (Fsp3) is 0.385. The van der Waals surface area contributed by atoms with Crippen molar-refractivity contribution in [3.05, 3.63) is 60.7 Å². The molecule has 2 aliphatic rings. The minimum absolute atomic E-state index is 0.0297. The molecular formula is C26H28ClN5O5S3. The molecule has 2 aliphatic heterocycles. The maximum atomic E-state index is 13.7. The number of thiazole rings is 1. The summed E-state index contributed by atoms with van der Waals surface area (Å²) in [6.07, 6.45) is 1.68. The van der Waals surface area contributed by atoms with Gasteiger partial charge in [0.2, 0.25) is 21.8 Å². The number of nitrogens with zero attached hydrogens (tertiary/aromatic N) is 3. The zero-order valence-corrected chi connectivity index (χ0v) is 25.1. The van der Waals surface area contributed by atoms with Crippen LogP contribution < -0.4 is 14.9 Å². The van der Waals surface area contributed by atoms with Crippen LogP contribution in [0, 0.1) is 13.8 Å². The second-order valence-corrected chi connectivity index (χ2v) is 14.3. The molecule has 14 heteroatoms. The van der Waals surface area contributed by atoms with Crippen LogP contribution >= 0.6 is 34.3 Å². The number of carbonyl (C=O) groups excluding carboxylic acids is 3. The van der Waals surface area contributed by atoms with Gasteiger partial charge in [-0.3, -0.25) is 14.4 Å². The number of benzene rings is 1. The lowest BCUT2D eigenvalue weighted by atomic mass is 10.1. The molecule has 2 N–H and O–H groups in total. The summed E-state index contributed by atoms with van der Waals surface area (Å²) < 4.78 is 30.4. The van der Waals surface area contributed by atoms with Gasteiger partial charge in [-0.15, -0.1) is 22.7 Å². The summed E-state index contributed by atoms with van der Waals surface area (Å²) >= 11 is 8.55. The second kappa shape index (κ2) is 11.6. The third-order valence-electron chi connectivity index (χ3n) is 6.92. The lowest BCUT2D eigenvalue weighted by molar-refractivity contribution is -0.133. The molecule has 3 aromatic rings. The number of rotatable bonds is 8. The van der Waals surface area contributed by atoms with Gasteiger partial charge in [0.15, 0.2) is 0 Å². The molecule has 3 amide bonds. The van der Waals surface area contributed by atoms with E-state index in [1.54, 1.807) is 41.0 Å². The van der Waals surface area contributed by atoms with Gasteiger partial charge in [-0.2, -0.15) is 4.72 Å². The van der Waals surface area contributed by atoms with Crippen LogP contribution in [0.3, 0.4) is 0 Å². The first kappa shape index (κ1) is 28.7. The number of hydrogen-bond donors (Lipinski definition) is 2. The molecule has 10 nitrogen and oxygen atoms in total. The maximum absolute atomic E-state index is 13.7. The molecule has 0 saturated carbocycles. The van der Waals surface area contributed by atoms with Gasteiger partial charge in [0, 0.05) is 43.0 Å². The van der Waals surface area contributed by atoms with E-state index in [4.69, 9.17) is 11.6 Å². The molecule has 4 heterocycles. The fourth-order valence-corrected chi connectivity index (χ4v) is 8.38. The van der Waals surface area contributed by atoms with E-state index in [0.717, 1.165) is 26.9 Å². The lowest BCUT2D eigenvalue weighted by Crippen LogP contribution is -2.54. The normalized spacial score (nSPS) is 16.2. The minimum Gasteiger partial charge on any atom is -0.349 e. The van der Waals surface area contributed by atoms with E-state index in [-0.39, 0.29) is 17.3 Å². The number of aryl methyl sites for hydroxylation is 1. The average Bonchev–Trinajstić information content (AvgIpc) is 3.64. The highest BCUT2D eigenvalue weighted by molar-refractivity contribution is 7.89. The molecule has 1 fully saturated rings. The summed E-state index contributed by atoms with van der Waals surface area (Å²) in [6, 6.07) is 6.64. The topological polar surface area (TPSA) is 129 Å². The van der Waals surface area contributed by atoms with Crippen molar-refractivity contribution in [3.8, 4) is 0 Å². The summed E-state index contributed by atoms with van der Waals surface area (Å²) in [7, 11) is -4.22. The van der Waals surface area contributed by atoms with Gasteiger partial charge in [0.05, 0.1) is 31.4 Å². The predicted octanol–water partition coefficient (Wildman–Crippen LogP) is 3.26. The Labute approximate surface area is 245 Å². The van der Waals surface area contributed by atoms with Crippen molar-refractivity contribution in [1.29, 1.82) is 0 Å². The summed E-state index contributed by atoms with van der Waals surface area (Å²) in [6.45, 7) is 4.51. The molecule has 0 radical (unpaired) electrons. The van der Waals surface area contributed by atoms with Crippen LogP contribution in [0.5, 0.6) is 0 Å². The van der Waals surface area contributed by atoms with Crippen molar-refractivity contribution >= 4 is 67.7 Å². The summed E-state index contributed by atoms with van der Waals surface area (Å²) in [5.74, 6) is -0.968. The van der Waals surface area contributed by atoms with Gasteiger partial charge in [-0.1, -0.05) is 17.7 Å². The molecule has 5 rings (SSSR count). The predicted molar refractivity (Wildman–Crippen MR) is 155 cm³/mol. The van der Waals surface area contributed by atoms with Gasteiger partial charge >= 0.3 is 0 Å². The highest BCUT2D eigenvalue weighted by Gasteiger charge is 2.34. The first-order valence-corrected chi connectivity index (χ1v) is 16.2. The van der Waals surface area contributed by atoms with Gasteiger partial charge in [0.1, 0.15) is 6.04 Å². The average molecular weight is 622 g/mol. The molecule has 0 spiro atoms. The highest BCUT2D eigenvalue weighted by Crippen LogP contribution is 2.30. The Morgan fingerprint density at radius 3 is 2.62 bits per heavy atom. The highest BCUT2D eigenvalue weighted by atomic mass is 35.5. The van der Waals surface area contributed by atoms with Gasteiger partial charge in [-0.25, -0.2) is 13.4 Å². The second-order valence-electron chi connectivity index (χ2n) is 9.65. The standard InChI is InChI=1S/C26H28ClN5O5S3/c1-15-19(32-11-4-7-24(32)33)5-3-6-22(15)40(36,37)30-18(13-28-25(34)20-8-9-23(27)39-20)26(35)31-12-10-17-21(14-31)38-16(2)29-17/h3,5-6,8-9,18,30H,4,7,10-14H2,1-2H3,(H,28,34)/t18-/m0/s1. The van der Waals surface area contributed by atoms with E-state index < -0.39 is 27.9 Å². The molecule has 0 unspecified atom stereocenters. The molecule has 2 aromatic heterocycles. The Hall–Kier alpha value is -2.84. The summed E-state index contributed by atoms with van der Waals surface area (Å²) in [5.41, 5.74) is 1.90. The van der Waals surface area contributed by atoms with Crippen LogP contribution in [0.25, 0.3) is 0 Å². The molecule has 0 bridgehead atoms. The molecule has 40 heavy (non-hydrogen) atoms. The number of hydrogen-bond acceptors (Lipinski definition) is 8. The van der Waals surface area contributed by atoms with Crippen LogP contribution in [0.15, 0.2) is 35.2 Å². The monoisotopic (exact) mass is 621 g/mol. The van der Waals surface area contributed by atoms with Crippen LogP contribution in [0.1, 0.15) is 43.7 Å². The number of anilines is 1. The maximum Gasteiger partial charge on any atom is 0.261 e. The van der Waals surface area contributed by atoms with Gasteiger partial charge in [-0.05, 0) is 50.1 Å². The number of aromatic nitrogens is 1. The van der Waals surface area contributed by atoms with Crippen LogP contribution in [0.2, 0.25) is 4.34 Å². The molecule has 1 aromatic carbocycles. The van der Waals surface area contributed by atoms with Crippen molar-refractivity contribution in [2.45, 2.75) is 50.6 Å². The lowest BCUT2D eigenvalue weighted by Gasteiger charge is -2.30. The van der Waals surface area contributed by atoms with Crippen LogP contribution in [-0.4, -0.2) is 61.7 Å². The van der Waals surface area contributed by atoms with Crippen molar-refractivity contribution in [2.24, 2.45) is 0 Å². The van der Waals surface area contributed by atoms with E-state index in [0.29, 0.717) is 59.4 Å². The first-order valence-electron chi connectivity index (χ1n) is 12.7. The smallest absolute Gasteiger partial charge is 0.261 e. The Morgan fingerprint density at radius 2 is 1.93 bits per heavy atom. The van der Waals surface area contributed by atoms with Gasteiger partial charge < -0.3 is 15.1 Å². The zero-order chi connectivity index (χ0) is 28.6. The number of fused-ring (bicyclic) bond motifs is 1.